The number of ether oxygens (including phenoxy) is 8. The molecule has 0 aromatic heterocycles. The van der Waals surface area contributed by atoms with Crippen LogP contribution in [0.5, 0.6) is 0 Å². The lowest BCUT2D eigenvalue weighted by molar-refractivity contribution is -0.387. The minimum absolute atomic E-state index is 0.0327. The van der Waals surface area contributed by atoms with Crippen molar-refractivity contribution < 1.29 is 119 Å². The predicted molar refractivity (Wildman–Crippen MR) is 179 cm³/mol. The molecular weight excluding hydrogens is 796 g/mol. The van der Waals surface area contributed by atoms with Crippen LogP contribution >= 0.6 is 0 Å². The molecule has 4 fully saturated rings. The summed E-state index contributed by atoms with van der Waals surface area (Å²) >= 11 is 0. The Morgan fingerprint density at radius 1 is 0.534 bits per heavy atom. The van der Waals surface area contributed by atoms with Gasteiger partial charge in [0.1, 0.15) is 91.6 Å². The molecule has 2 amide bonds. The highest BCUT2D eigenvalue weighted by Gasteiger charge is 2.55. The molecule has 26 nitrogen and oxygen atoms in total. The number of aliphatic carboxylic acids is 1. The van der Waals surface area contributed by atoms with Crippen molar-refractivity contribution in [2.24, 2.45) is 5.73 Å². The first kappa shape index (κ1) is 48.3. The molecule has 20 unspecified atom stereocenters. The molecule has 4 aliphatic rings. The van der Waals surface area contributed by atoms with Crippen LogP contribution in [0, 0.1) is 0 Å². The van der Waals surface area contributed by atoms with Gasteiger partial charge in [0.2, 0.25) is 11.8 Å². The Morgan fingerprint density at radius 2 is 0.931 bits per heavy atom. The van der Waals surface area contributed by atoms with E-state index in [2.05, 4.69) is 5.32 Å². The Morgan fingerprint density at radius 3 is 1.36 bits per heavy atom. The molecule has 0 saturated carbocycles. The van der Waals surface area contributed by atoms with Crippen LogP contribution in [0.15, 0.2) is 0 Å². The Kier molecular flexibility index (Phi) is 18.2. The molecule has 20 atom stereocenters. The number of carboxylic acid groups (broad SMARTS) is 1. The van der Waals surface area contributed by atoms with Crippen molar-refractivity contribution in [3.8, 4) is 0 Å². The van der Waals surface area contributed by atoms with Gasteiger partial charge in [0.15, 0.2) is 31.3 Å². The number of nitrogens with two attached hydrogens (primary N) is 1. The molecular formula is C32H54N2O24. The number of hydrogen-bond acceptors (Lipinski definition) is 23. The standard InChI is InChI=1S/C32H54N2O24/c33-13(38)3-1-2-4-14(39)34-5-6-51-29-21(46)17(42)24(10(7-35)52-29)55-30-22(47)18(43)25(11(8-36)53-30)56-31-23(48)19(44)26(12(9-37)54-31)57-32-20(45)15(40)16(41)27(58-32)28(49)50/h10-12,15-27,29-32,35-37,40-48H,1-9H2,(H2,33,38)(H,34,39)(H,49,50). The summed E-state index contributed by atoms with van der Waals surface area (Å²) in [7, 11) is 0. The van der Waals surface area contributed by atoms with Gasteiger partial charge >= 0.3 is 5.97 Å². The fourth-order valence-electron chi connectivity index (χ4n) is 6.69. The third kappa shape index (κ3) is 11.5. The number of hydrogen-bond donors (Lipinski definition) is 15. The fraction of sp³-hybridized carbons (Fsp3) is 0.906. The molecule has 336 valence electrons. The van der Waals surface area contributed by atoms with Crippen LogP contribution < -0.4 is 11.1 Å². The zero-order chi connectivity index (χ0) is 43.0. The largest absolute Gasteiger partial charge is 0.479 e. The molecule has 26 heteroatoms. The highest BCUT2D eigenvalue weighted by Crippen LogP contribution is 2.34. The number of unbranched alkanes of at least 4 members (excludes halogenated alkanes) is 1. The van der Waals surface area contributed by atoms with E-state index in [1.165, 1.54) is 0 Å². The lowest BCUT2D eigenvalue weighted by Gasteiger charge is -2.49. The summed E-state index contributed by atoms with van der Waals surface area (Å²) in [5.41, 5.74) is 5.06. The number of carboxylic acids is 1. The van der Waals surface area contributed by atoms with Crippen molar-refractivity contribution in [1.82, 2.24) is 5.32 Å². The van der Waals surface area contributed by atoms with E-state index in [0.29, 0.717) is 12.8 Å². The summed E-state index contributed by atoms with van der Waals surface area (Å²) < 4.78 is 43.7. The third-order valence-corrected chi connectivity index (χ3v) is 9.93. The van der Waals surface area contributed by atoms with Gasteiger partial charge in [0.25, 0.3) is 0 Å². The first-order valence-electron chi connectivity index (χ1n) is 18.4. The SMILES string of the molecule is NC(=O)CCCCC(=O)NCCOC1OC(CO)C(OC2OC(CO)C(OC3OC(CO)C(OC4OC(C(=O)O)C(O)C(O)C4O)C(O)C3O)C(O)C2O)C(O)C1O. The lowest BCUT2D eigenvalue weighted by Crippen LogP contribution is -2.67. The highest BCUT2D eigenvalue weighted by molar-refractivity contribution is 5.76. The maximum Gasteiger partial charge on any atom is 0.335 e. The molecule has 0 aromatic rings. The fourth-order valence-corrected chi connectivity index (χ4v) is 6.69. The summed E-state index contributed by atoms with van der Waals surface area (Å²) in [6.07, 6.45) is -36.6. The average molecular weight is 851 g/mol. The summed E-state index contributed by atoms with van der Waals surface area (Å²) in [5, 5.41) is 138. The van der Waals surface area contributed by atoms with E-state index in [0.717, 1.165) is 0 Å². The summed E-state index contributed by atoms with van der Waals surface area (Å²) in [4.78, 5) is 34.2. The van der Waals surface area contributed by atoms with Gasteiger partial charge in [0, 0.05) is 19.4 Å². The molecule has 4 heterocycles. The lowest BCUT2D eigenvalue weighted by atomic mass is 9.95. The van der Waals surface area contributed by atoms with Gasteiger partial charge < -0.3 is 115 Å². The molecule has 0 bridgehead atoms. The number of aliphatic hydroxyl groups is 12. The van der Waals surface area contributed by atoms with Crippen LogP contribution in [-0.4, -0.2) is 240 Å². The van der Waals surface area contributed by atoms with E-state index in [9.17, 15) is 80.8 Å². The van der Waals surface area contributed by atoms with E-state index >= 15 is 0 Å². The van der Waals surface area contributed by atoms with Crippen molar-refractivity contribution in [2.75, 3.05) is 33.0 Å². The van der Waals surface area contributed by atoms with Gasteiger partial charge in [-0.25, -0.2) is 4.79 Å². The van der Waals surface area contributed by atoms with Crippen molar-refractivity contribution in [3.63, 3.8) is 0 Å². The Labute approximate surface area is 329 Å². The van der Waals surface area contributed by atoms with E-state index in [1.54, 1.807) is 0 Å². The number of aliphatic hydroxyl groups excluding tert-OH is 12. The minimum Gasteiger partial charge on any atom is -0.479 e. The topological polar surface area (TPSA) is 426 Å². The number of amides is 2. The number of carbonyl (C=O) groups is 3. The third-order valence-electron chi connectivity index (χ3n) is 9.93. The van der Waals surface area contributed by atoms with Crippen molar-refractivity contribution in [2.45, 2.75) is 149 Å². The van der Waals surface area contributed by atoms with Gasteiger partial charge in [-0.05, 0) is 12.8 Å². The molecule has 4 rings (SSSR count). The first-order valence-corrected chi connectivity index (χ1v) is 18.4. The molecule has 0 aliphatic carbocycles. The molecule has 4 aliphatic heterocycles. The minimum atomic E-state index is -2.12. The van der Waals surface area contributed by atoms with Crippen LogP contribution in [0.3, 0.4) is 0 Å². The average Bonchev–Trinajstić information content (AvgIpc) is 3.19. The maximum absolute atomic E-state index is 12.0. The second-order valence-corrected chi connectivity index (χ2v) is 14.1. The summed E-state index contributed by atoms with van der Waals surface area (Å²) in [6, 6.07) is 0. The molecule has 16 N–H and O–H groups in total. The van der Waals surface area contributed by atoms with E-state index in [-0.39, 0.29) is 31.9 Å². The first-order chi connectivity index (χ1) is 27.4. The molecule has 0 spiro atoms. The zero-order valence-electron chi connectivity index (χ0n) is 30.8. The van der Waals surface area contributed by atoms with Crippen LogP contribution in [0.2, 0.25) is 0 Å². The van der Waals surface area contributed by atoms with Gasteiger partial charge in [-0.15, -0.1) is 0 Å². The predicted octanol–water partition coefficient (Wildman–Crippen LogP) is -9.47. The Hall–Kier alpha value is -2.39. The number of nitrogens with one attached hydrogen (secondary N) is 1. The van der Waals surface area contributed by atoms with Crippen molar-refractivity contribution >= 4 is 17.8 Å². The van der Waals surface area contributed by atoms with E-state index < -0.39 is 155 Å². The second-order valence-electron chi connectivity index (χ2n) is 14.1. The number of rotatable bonds is 19. The van der Waals surface area contributed by atoms with E-state index in [4.69, 9.17) is 43.6 Å². The Balaban J connectivity index is 1.33. The van der Waals surface area contributed by atoms with Crippen LogP contribution in [0.25, 0.3) is 0 Å². The highest BCUT2D eigenvalue weighted by atomic mass is 16.8. The molecule has 58 heavy (non-hydrogen) atoms. The quantitative estimate of drug-likeness (QED) is 0.0537. The zero-order valence-corrected chi connectivity index (χ0v) is 30.8. The van der Waals surface area contributed by atoms with Crippen molar-refractivity contribution in [1.29, 1.82) is 0 Å². The van der Waals surface area contributed by atoms with Gasteiger partial charge in [0.05, 0.1) is 26.4 Å². The van der Waals surface area contributed by atoms with Gasteiger partial charge in [-0.3, -0.25) is 9.59 Å². The molecule has 0 aromatic carbocycles. The molecule has 0 radical (unpaired) electrons. The number of carbonyl (C=O) groups excluding carboxylic acids is 2. The maximum atomic E-state index is 12.0. The van der Waals surface area contributed by atoms with Crippen LogP contribution in [0.4, 0.5) is 0 Å². The normalized spacial score (nSPS) is 43.4. The summed E-state index contributed by atoms with van der Waals surface area (Å²) in [6.45, 7) is -3.01. The second kappa shape index (κ2) is 21.9. The van der Waals surface area contributed by atoms with Crippen molar-refractivity contribution in [3.05, 3.63) is 0 Å². The Bertz CT molecular complexity index is 1310. The van der Waals surface area contributed by atoms with E-state index in [1.807, 2.05) is 0 Å². The smallest absolute Gasteiger partial charge is 0.335 e. The van der Waals surface area contributed by atoms with Gasteiger partial charge in [-0.1, -0.05) is 0 Å². The number of primary amides is 1. The van der Waals surface area contributed by atoms with Gasteiger partial charge in [-0.2, -0.15) is 0 Å². The van der Waals surface area contributed by atoms with Crippen LogP contribution in [-0.2, 0) is 52.3 Å². The monoisotopic (exact) mass is 850 g/mol. The van der Waals surface area contributed by atoms with Crippen LogP contribution in [0.1, 0.15) is 25.7 Å². The summed E-state index contributed by atoms with van der Waals surface area (Å²) in [5.74, 6) is -2.56. The molecule has 4 saturated heterocycles.